The molecule has 0 heterocycles. The van der Waals surface area contributed by atoms with Gasteiger partial charge in [0.1, 0.15) is 23.7 Å². The van der Waals surface area contributed by atoms with E-state index in [0.29, 0.717) is 16.7 Å². The maximum absolute atomic E-state index is 13.4. The zero-order valence-corrected chi connectivity index (χ0v) is 30.5. The molecular formula is C38H38Cl2F2N4O7. The Morgan fingerprint density at radius 2 is 1.13 bits per heavy atom. The second-order valence-corrected chi connectivity index (χ2v) is 11.7. The summed E-state index contributed by atoms with van der Waals surface area (Å²) in [5.74, 6) is -5.22. The highest BCUT2D eigenvalue weighted by Crippen LogP contribution is 2.18. The monoisotopic (exact) mass is 770 g/mol. The first-order chi connectivity index (χ1) is 25.2. The summed E-state index contributed by atoms with van der Waals surface area (Å²) in [6, 6.07) is 24.1. The quantitative estimate of drug-likeness (QED) is 0.118. The molecule has 0 aromatic heterocycles. The zero-order chi connectivity index (χ0) is 39.5. The topological polar surface area (TPSA) is 174 Å². The first kappa shape index (κ1) is 43.7. The van der Waals surface area contributed by atoms with Gasteiger partial charge in [0.05, 0.1) is 16.7 Å². The predicted molar refractivity (Wildman–Crippen MR) is 196 cm³/mol. The van der Waals surface area contributed by atoms with E-state index in [-0.39, 0.29) is 35.4 Å². The third-order valence-corrected chi connectivity index (χ3v) is 7.67. The zero-order valence-electron chi connectivity index (χ0n) is 29.0. The SMILES string of the molecule is CCOC(=O)C(=O)Cc1ccc(Cl)c(F)c1.CNC(=O)C(N)c1ccccc1.CNC(=O)C(NC(=O)C(=O)Cc1ccc(Cl)c(F)c1)c1ccccc1. The van der Waals surface area contributed by atoms with Gasteiger partial charge in [0, 0.05) is 26.9 Å². The predicted octanol–water partition coefficient (Wildman–Crippen LogP) is 4.78. The van der Waals surface area contributed by atoms with Crippen molar-refractivity contribution in [2.24, 2.45) is 5.73 Å². The van der Waals surface area contributed by atoms with Gasteiger partial charge in [-0.1, -0.05) is 96.0 Å². The standard InChI is InChI=1S/C18H16ClFN2O3.C11H10ClFO3.C9H12N2O/c1-21-18(25)16(12-5-3-2-4-6-12)22-17(24)15(23)10-11-7-8-13(19)14(20)9-11;1-2-16-11(15)10(14)6-7-3-4-8(12)9(13)5-7;1-11-9(12)8(10)7-5-3-2-4-6-7/h2-9,16H,10H2,1H3,(H,21,25)(H,22,24);3-5H,2,6H2,1H3;2-6,8H,10H2,1H3,(H,11,12). The molecule has 0 saturated heterocycles. The Morgan fingerprint density at radius 3 is 1.57 bits per heavy atom. The molecular weight excluding hydrogens is 733 g/mol. The van der Waals surface area contributed by atoms with E-state index in [2.05, 4.69) is 20.7 Å². The van der Waals surface area contributed by atoms with E-state index >= 15 is 0 Å². The number of hydrogen-bond acceptors (Lipinski definition) is 8. The molecule has 5 N–H and O–H groups in total. The largest absolute Gasteiger partial charge is 0.460 e. The number of carbonyl (C=O) groups excluding carboxylic acids is 6. The average Bonchev–Trinajstić information content (AvgIpc) is 3.17. The molecule has 0 saturated carbocycles. The number of nitrogens with two attached hydrogens (primary N) is 1. The normalized spacial score (nSPS) is 11.2. The summed E-state index contributed by atoms with van der Waals surface area (Å²) in [5, 5.41) is 7.26. The van der Waals surface area contributed by atoms with Crippen molar-refractivity contribution in [2.45, 2.75) is 31.8 Å². The van der Waals surface area contributed by atoms with E-state index in [1.165, 1.54) is 31.3 Å². The van der Waals surface area contributed by atoms with Crippen LogP contribution in [-0.4, -0.2) is 56.0 Å². The van der Waals surface area contributed by atoms with Gasteiger partial charge < -0.3 is 26.4 Å². The van der Waals surface area contributed by atoms with Crippen LogP contribution in [0.1, 0.15) is 41.3 Å². The van der Waals surface area contributed by atoms with Crippen molar-refractivity contribution < 1.29 is 42.3 Å². The molecule has 0 radical (unpaired) electrons. The van der Waals surface area contributed by atoms with Gasteiger partial charge in [-0.2, -0.15) is 0 Å². The van der Waals surface area contributed by atoms with Crippen molar-refractivity contribution in [3.63, 3.8) is 0 Å². The smallest absolute Gasteiger partial charge is 0.374 e. The molecule has 0 aliphatic carbocycles. The highest BCUT2D eigenvalue weighted by atomic mass is 35.5. The first-order valence-corrected chi connectivity index (χ1v) is 16.7. The number of rotatable bonds is 12. The van der Waals surface area contributed by atoms with Gasteiger partial charge in [-0.15, -0.1) is 0 Å². The summed E-state index contributed by atoms with van der Waals surface area (Å²) in [4.78, 5) is 69.6. The highest BCUT2D eigenvalue weighted by molar-refractivity contribution is 6.37. The number of benzene rings is 4. The van der Waals surface area contributed by atoms with Crippen molar-refractivity contribution in [2.75, 3.05) is 20.7 Å². The number of carbonyl (C=O) groups is 6. The highest BCUT2D eigenvalue weighted by Gasteiger charge is 2.25. The van der Waals surface area contributed by atoms with E-state index in [0.717, 1.165) is 17.7 Å². The minimum Gasteiger partial charge on any atom is -0.460 e. The lowest BCUT2D eigenvalue weighted by molar-refractivity contribution is -0.153. The average molecular weight is 772 g/mol. The molecule has 0 aliphatic heterocycles. The molecule has 53 heavy (non-hydrogen) atoms. The Kier molecular flexibility index (Phi) is 18.5. The molecule has 0 fully saturated rings. The van der Waals surface area contributed by atoms with E-state index < -0.39 is 53.1 Å². The number of ketones is 2. The van der Waals surface area contributed by atoms with Gasteiger partial charge in [-0.05, 0) is 53.4 Å². The number of amides is 3. The van der Waals surface area contributed by atoms with Gasteiger partial charge in [-0.25, -0.2) is 13.6 Å². The number of nitrogens with one attached hydrogen (secondary N) is 3. The van der Waals surface area contributed by atoms with Crippen LogP contribution in [0.2, 0.25) is 10.0 Å². The molecule has 4 rings (SSSR count). The first-order valence-electron chi connectivity index (χ1n) is 15.9. The number of esters is 1. The van der Waals surface area contributed by atoms with Crippen molar-refractivity contribution in [1.29, 1.82) is 0 Å². The minimum atomic E-state index is -0.996. The lowest BCUT2D eigenvalue weighted by Gasteiger charge is -2.17. The summed E-state index contributed by atoms with van der Waals surface area (Å²) in [7, 11) is 3.01. The Balaban J connectivity index is 0.000000298. The van der Waals surface area contributed by atoms with Gasteiger partial charge in [0.25, 0.3) is 5.91 Å². The van der Waals surface area contributed by atoms with Crippen LogP contribution in [0.15, 0.2) is 97.1 Å². The number of hydrogen-bond donors (Lipinski definition) is 4. The Morgan fingerprint density at radius 1 is 0.679 bits per heavy atom. The second-order valence-electron chi connectivity index (χ2n) is 10.9. The van der Waals surface area contributed by atoms with E-state index in [4.69, 9.17) is 28.9 Å². The van der Waals surface area contributed by atoms with Crippen LogP contribution >= 0.6 is 23.2 Å². The number of likely N-dealkylation sites (N-methyl/N-ethyl adjacent to an activating group) is 2. The van der Waals surface area contributed by atoms with Crippen molar-refractivity contribution in [1.82, 2.24) is 16.0 Å². The summed E-state index contributed by atoms with van der Waals surface area (Å²) >= 11 is 11.1. The van der Waals surface area contributed by atoms with Crippen LogP contribution in [-0.2, 0) is 46.3 Å². The molecule has 2 atom stereocenters. The van der Waals surface area contributed by atoms with Gasteiger partial charge in [0.2, 0.25) is 23.4 Å². The van der Waals surface area contributed by atoms with E-state index in [1.807, 2.05) is 30.3 Å². The van der Waals surface area contributed by atoms with Crippen LogP contribution in [0.5, 0.6) is 0 Å². The molecule has 15 heteroatoms. The molecule has 0 spiro atoms. The Labute approximate surface area is 315 Å². The molecule has 4 aromatic carbocycles. The van der Waals surface area contributed by atoms with Crippen LogP contribution < -0.4 is 21.7 Å². The maximum Gasteiger partial charge on any atom is 0.374 e. The Hall–Kier alpha value is -5.50. The Bertz CT molecular complexity index is 1880. The molecule has 4 aromatic rings. The van der Waals surface area contributed by atoms with Gasteiger partial charge >= 0.3 is 5.97 Å². The molecule has 2 unspecified atom stereocenters. The van der Waals surface area contributed by atoms with Crippen LogP contribution in [0, 0.1) is 11.6 Å². The molecule has 0 bridgehead atoms. The molecule has 280 valence electrons. The second kappa shape index (κ2) is 22.4. The summed E-state index contributed by atoms with van der Waals surface area (Å²) < 4.78 is 31.0. The minimum absolute atomic E-state index is 0.0210. The third-order valence-electron chi connectivity index (χ3n) is 7.06. The number of ether oxygens (including phenoxy) is 1. The van der Waals surface area contributed by atoms with Crippen LogP contribution in [0.3, 0.4) is 0 Å². The van der Waals surface area contributed by atoms with Crippen LogP contribution in [0.4, 0.5) is 8.78 Å². The van der Waals surface area contributed by atoms with Gasteiger partial charge in [0.15, 0.2) is 0 Å². The van der Waals surface area contributed by atoms with Crippen molar-refractivity contribution >= 4 is 58.5 Å². The van der Waals surface area contributed by atoms with Crippen molar-refractivity contribution in [3.05, 3.63) is 141 Å². The lowest BCUT2D eigenvalue weighted by atomic mass is 10.0. The fraction of sp³-hybridized carbons (Fsp3) is 0.211. The van der Waals surface area contributed by atoms with Crippen molar-refractivity contribution in [3.8, 4) is 0 Å². The summed E-state index contributed by atoms with van der Waals surface area (Å²) in [6.07, 6.45) is -0.484. The third kappa shape index (κ3) is 14.6. The number of Topliss-reactive ketones (excluding diaryl/α,β-unsaturated/α-hetero) is 2. The lowest BCUT2D eigenvalue weighted by Crippen LogP contribution is -2.42. The number of halogens is 4. The van der Waals surface area contributed by atoms with E-state index in [1.54, 1.807) is 44.3 Å². The fourth-order valence-corrected chi connectivity index (χ4v) is 4.54. The summed E-state index contributed by atoms with van der Waals surface area (Å²) in [6.45, 7) is 1.74. The molecule has 3 amide bonds. The van der Waals surface area contributed by atoms with Crippen LogP contribution in [0.25, 0.3) is 0 Å². The summed E-state index contributed by atoms with van der Waals surface area (Å²) in [5.41, 5.74) is 7.72. The molecule has 0 aliphatic rings. The van der Waals surface area contributed by atoms with Gasteiger partial charge in [-0.3, -0.25) is 24.0 Å². The maximum atomic E-state index is 13.4. The fourth-order valence-electron chi connectivity index (χ4n) is 4.30. The molecule has 11 nitrogen and oxygen atoms in total. The van der Waals surface area contributed by atoms with E-state index in [9.17, 15) is 37.5 Å².